The van der Waals surface area contributed by atoms with Gasteiger partial charge in [-0.05, 0) is 50.9 Å². The van der Waals surface area contributed by atoms with Crippen molar-refractivity contribution in [2.45, 2.75) is 38.3 Å². The molecule has 0 saturated carbocycles. The molecular formula is C18H23N7. The fourth-order valence-electron chi connectivity index (χ4n) is 3.45. The van der Waals surface area contributed by atoms with Gasteiger partial charge in [0, 0.05) is 30.8 Å². The van der Waals surface area contributed by atoms with Crippen molar-refractivity contribution < 1.29 is 0 Å². The number of hydrogen-bond acceptors (Lipinski definition) is 5. The van der Waals surface area contributed by atoms with Crippen LogP contribution in [0, 0.1) is 0 Å². The minimum absolute atomic E-state index is 0.269. The van der Waals surface area contributed by atoms with Gasteiger partial charge in [-0.1, -0.05) is 11.3 Å². The van der Waals surface area contributed by atoms with Crippen LogP contribution in [-0.4, -0.2) is 42.6 Å². The van der Waals surface area contributed by atoms with Gasteiger partial charge in [0.25, 0.3) is 0 Å². The van der Waals surface area contributed by atoms with E-state index < -0.39 is 0 Å². The van der Waals surface area contributed by atoms with Crippen LogP contribution >= 0.6 is 0 Å². The molecule has 0 aliphatic carbocycles. The second kappa shape index (κ2) is 7.14. The molecule has 7 heteroatoms. The molecule has 130 valence electrons. The molecule has 4 rings (SSSR count). The molecule has 1 aliphatic rings. The van der Waals surface area contributed by atoms with E-state index in [0.29, 0.717) is 6.04 Å². The maximum Gasteiger partial charge on any atom is 0.162 e. The van der Waals surface area contributed by atoms with Gasteiger partial charge >= 0.3 is 0 Å². The summed E-state index contributed by atoms with van der Waals surface area (Å²) < 4.78 is 4.17. The van der Waals surface area contributed by atoms with Crippen LogP contribution in [0.5, 0.6) is 0 Å². The third-order valence-electron chi connectivity index (χ3n) is 4.82. The van der Waals surface area contributed by atoms with Crippen LogP contribution in [0.4, 0.5) is 0 Å². The predicted octanol–water partition coefficient (Wildman–Crippen LogP) is 2.26. The molecule has 1 aliphatic heterocycles. The van der Waals surface area contributed by atoms with Crippen molar-refractivity contribution in [3.63, 3.8) is 0 Å². The van der Waals surface area contributed by atoms with Crippen LogP contribution in [-0.2, 0) is 6.42 Å². The van der Waals surface area contributed by atoms with E-state index in [0.717, 1.165) is 43.9 Å². The summed E-state index contributed by atoms with van der Waals surface area (Å²) >= 11 is 0. The standard InChI is InChI=1S/C18H23N7/c1-14(11-15-3-2-6-20-12-15)24-10-9-21-18(24)17-13-25(23-22-17)16-4-7-19-8-5-16/h2-3,6,9-10,12-14,16,19H,4-5,7-8,11H2,1H3/t14-/m0/s1. The summed E-state index contributed by atoms with van der Waals surface area (Å²) in [7, 11) is 0. The van der Waals surface area contributed by atoms with Crippen LogP contribution in [0.1, 0.15) is 37.4 Å². The quantitative estimate of drug-likeness (QED) is 0.773. The fourth-order valence-corrected chi connectivity index (χ4v) is 3.45. The maximum atomic E-state index is 4.53. The Hall–Kier alpha value is -2.54. The third-order valence-corrected chi connectivity index (χ3v) is 4.82. The van der Waals surface area contributed by atoms with Crippen molar-refractivity contribution in [1.29, 1.82) is 0 Å². The molecule has 0 amide bonds. The van der Waals surface area contributed by atoms with Crippen LogP contribution in [0.2, 0.25) is 0 Å². The van der Waals surface area contributed by atoms with E-state index >= 15 is 0 Å². The van der Waals surface area contributed by atoms with Crippen molar-refractivity contribution >= 4 is 0 Å². The van der Waals surface area contributed by atoms with E-state index in [-0.39, 0.29) is 6.04 Å². The first kappa shape index (κ1) is 16.0. The number of imidazole rings is 1. The lowest BCUT2D eigenvalue weighted by molar-refractivity contribution is 0.337. The Morgan fingerprint density at radius 2 is 2.16 bits per heavy atom. The van der Waals surface area contributed by atoms with Gasteiger partial charge in [-0.15, -0.1) is 5.10 Å². The Kier molecular flexibility index (Phi) is 4.56. The number of nitrogens with one attached hydrogen (secondary N) is 1. The Bertz CT molecular complexity index is 802. The van der Waals surface area contributed by atoms with E-state index in [1.54, 1.807) is 6.20 Å². The molecule has 3 aromatic heterocycles. The lowest BCUT2D eigenvalue weighted by atomic mass is 10.1. The van der Waals surface area contributed by atoms with Crippen LogP contribution in [0.25, 0.3) is 11.5 Å². The van der Waals surface area contributed by atoms with Gasteiger partial charge in [-0.2, -0.15) is 0 Å². The molecule has 7 nitrogen and oxygen atoms in total. The Morgan fingerprint density at radius 1 is 1.28 bits per heavy atom. The molecule has 0 unspecified atom stereocenters. The summed E-state index contributed by atoms with van der Waals surface area (Å²) in [6.07, 6.45) is 12.7. The highest BCUT2D eigenvalue weighted by molar-refractivity contribution is 5.47. The van der Waals surface area contributed by atoms with Crippen LogP contribution < -0.4 is 5.32 Å². The average molecular weight is 337 g/mol. The summed E-state index contributed by atoms with van der Waals surface area (Å²) in [4.78, 5) is 8.73. The molecule has 0 spiro atoms. The SMILES string of the molecule is C[C@@H](Cc1cccnc1)n1ccnc1-c1cn(C2CCNCC2)nn1. The highest BCUT2D eigenvalue weighted by Crippen LogP contribution is 2.24. The molecule has 1 saturated heterocycles. The second-order valence-corrected chi connectivity index (χ2v) is 6.64. The zero-order valence-electron chi connectivity index (χ0n) is 14.4. The lowest BCUT2D eigenvalue weighted by Crippen LogP contribution is -2.29. The highest BCUT2D eigenvalue weighted by atomic mass is 15.4. The molecule has 0 radical (unpaired) electrons. The van der Waals surface area contributed by atoms with Crippen molar-refractivity contribution in [2.24, 2.45) is 0 Å². The number of nitrogens with zero attached hydrogens (tertiary/aromatic N) is 6. The fraction of sp³-hybridized carbons (Fsp3) is 0.444. The third kappa shape index (κ3) is 3.46. The van der Waals surface area contributed by atoms with Gasteiger partial charge in [0.1, 0.15) is 5.69 Å². The molecule has 0 bridgehead atoms. The molecule has 25 heavy (non-hydrogen) atoms. The van der Waals surface area contributed by atoms with Crippen LogP contribution in [0.3, 0.4) is 0 Å². The number of rotatable bonds is 5. The van der Waals surface area contributed by atoms with Gasteiger partial charge in [0.15, 0.2) is 5.82 Å². The summed E-state index contributed by atoms with van der Waals surface area (Å²) in [6.45, 7) is 4.27. The van der Waals surface area contributed by atoms with E-state index in [4.69, 9.17) is 0 Å². The Labute approximate surface area is 147 Å². The van der Waals surface area contributed by atoms with E-state index in [9.17, 15) is 0 Å². The Balaban J connectivity index is 1.54. The summed E-state index contributed by atoms with van der Waals surface area (Å²) in [5.74, 6) is 0.872. The smallest absolute Gasteiger partial charge is 0.162 e. The summed E-state index contributed by atoms with van der Waals surface area (Å²) in [5, 5.41) is 12.1. The molecule has 1 atom stereocenters. The van der Waals surface area contributed by atoms with E-state index in [1.165, 1.54) is 5.56 Å². The van der Waals surface area contributed by atoms with E-state index in [1.807, 2.05) is 35.5 Å². The monoisotopic (exact) mass is 337 g/mol. The van der Waals surface area contributed by atoms with Gasteiger partial charge in [0.05, 0.1) is 12.2 Å². The normalized spacial score (nSPS) is 16.8. The minimum Gasteiger partial charge on any atom is -0.326 e. The first-order valence-corrected chi connectivity index (χ1v) is 8.86. The van der Waals surface area contributed by atoms with Gasteiger partial charge in [-0.25, -0.2) is 9.67 Å². The first-order valence-electron chi connectivity index (χ1n) is 8.86. The van der Waals surface area contributed by atoms with Crippen molar-refractivity contribution in [3.05, 3.63) is 48.7 Å². The molecule has 3 aromatic rings. The molecule has 0 aromatic carbocycles. The molecular weight excluding hydrogens is 314 g/mol. The maximum absolute atomic E-state index is 4.53. The Morgan fingerprint density at radius 3 is 2.96 bits per heavy atom. The number of piperidine rings is 1. The van der Waals surface area contributed by atoms with Gasteiger partial charge in [0.2, 0.25) is 0 Å². The highest BCUT2D eigenvalue weighted by Gasteiger charge is 2.19. The molecule has 4 heterocycles. The second-order valence-electron chi connectivity index (χ2n) is 6.64. The number of hydrogen-bond donors (Lipinski definition) is 1. The zero-order chi connectivity index (χ0) is 17.1. The average Bonchev–Trinajstić information content (AvgIpc) is 3.32. The molecule has 1 fully saturated rings. The predicted molar refractivity (Wildman–Crippen MR) is 95.0 cm³/mol. The van der Waals surface area contributed by atoms with Crippen LogP contribution in [0.15, 0.2) is 43.1 Å². The van der Waals surface area contributed by atoms with E-state index in [2.05, 4.69) is 43.2 Å². The van der Waals surface area contributed by atoms with Gasteiger partial charge in [-0.3, -0.25) is 4.98 Å². The summed E-state index contributed by atoms with van der Waals surface area (Å²) in [5.41, 5.74) is 2.05. The topological polar surface area (TPSA) is 73.5 Å². The minimum atomic E-state index is 0.269. The van der Waals surface area contributed by atoms with Crippen molar-refractivity contribution in [2.75, 3.05) is 13.1 Å². The lowest BCUT2D eigenvalue weighted by Gasteiger charge is -2.22. The van der Waals surface area contributed by atoms with Crippen molar-refractivity contribution in [1.82, 2.24) is 34.8 Å². The number of pyridine rings is 1. The molecule has 1 N–H and O–H groups in total. The van der Waals surface area contributed by atoms with Gasteiger partial charge < -0.3 is 9.88 Å². The largest absolute Gasteiger partial charge is 0.326 e. The van der Waals surface area contributed by atoms with Crippen molar-refractivity contribution in [3.8, 4) is 11.5 Å². The number of aromatic nitrogens is 6. The zero-order valence-corrected chi connectivity index (χ0v) is 14.4. The first-order chi connectivity index (χ1) is 12.3. The summed E-state index contributed by atoms with van der Waals surface area (Å²) in [6, 6.07) is 4.78.